The van der Waals surface area contributed by atoms with E-state index in [9.17, 15) is 4.79 Å². The van der Waals surface area contributed by atoms with Crippen molar-refractivity contribution in [2.24, 2.45) is 0 Å². The SMILES string of the molecule is Cc1ccccc1Cn1cc(C(=O)NCCc2cccnc2)c2ccccc21. The summed E-state index contributed by atoms with van der Waals surface area (Å²) >= 11 is 0. The van der Waals surface area contributed by atoms with Gasteiger partial charge in [0.1, 0.15) is 0 Å². The topological polar surface area (TPSA) is 46.9 Å². The predicted octanol–water partition coefficient (Wildman–Crippen LogP) is 4.37. The lowest BCUT2D eigenvalue weighted by Gasteiger charge is -2.08. The minimum atomic E-state index is -0.0383. The summed E-state index contributed by atoms with van der Waals surface area (Å²) in [7, 11) is 0. The molecule has 4 heteroatoms. The van der Waals surface area contributed by atoms with Crippen molar-refractivity contribution in [1.82, 2.24) is 14.9 Å². The van der Waals surface area contributed by atoms with Gasteiger partial charge in [0.05, 0.1) is 5.56 Å². The zero-order chi connectivity index (χ0) is 19.3. The average Bonchev–Trinajstić information content (AvgIpc) is 3.09. The summed E-state index contributed by atoms with van der Waals surface area (Å²) in [5, 5.41) is 4.03. The molecule has 140 valence electrons. The van der Waals surface area contributed by atoms with E-state index in [1.807, 2.05) is 48.8 Å². The third-order valence-corrected chi connectivity index (χ3v) is 5.06. The fraction of sp³-hybridized carbons (Fsp3) is 0.167. The van der Waals surface area contributed by atoms with Crippen LogP contribution in [-0.2, 0) is 13.0 Å². The quantitative estimate of drug-likeness (QED) is 0.549. The Balaban J connectivity index is 1.55. The van der Waals surface area contributed by atoms with E-state index in [1.54, 1.807) is 6.20 Å². The number of nitrogens with one attached hydrogen (secondary N) is 1. The fourth-order valence-electron chi connectivity index (χ4n) is 3.49. The second kappa shape index (κ2) is 8.09. The Kier molecular flexibility index (Phi) is 5.20. The first-order valence-electron chi connectivity index (χ1n) is 9.52. The third-order valence-electron chi connectivity index (χ3n) is 5.06. The predicted molar refractivity (Wildman–Crippen MR) is 112 cm³/mol. The average molecular weight is 369 g/mol. The molecule has 28 heavy (non-hydrogen) atoms. The largest absolute Gasteiger partial charge is 0.352 e. The van der Waals surface area contributed by atoms with E-state index in [1.165, 1.54) is 11.1 Å². The Morgan fingerprint density at radius 1 is 1.04 bits per heavy atom. The molecule has 2 heterocycles. The first-order valence-corrected chi connectivity index (χ1v) is 9.52. The highest BCUT2D eigenvalue weighted by atomic mass is 16.1. The molecule has 0 spiro atoms. The van der Waals surface area contributed by atoms with Gasteiger partial charge in [0.15, 0.2) is 0 Å². The minimum absolute atomic E-state index is 0.0383. The van der Waals surface area contributed by atoms with E-state index >= 15 is 0 Å². The molecule has 0 unspecified atom stereocenters. The van der Waals surface area contributed by atoms with Gasteiger partial charge in [-0.15, -0.1) is 0 Å². The molecule has 4 rings (SSSR count). The molecule has 1 N–H and O–H groups in total. The van der Waals surface area contributed by atoms with E-state index in [2.05, 4.69) is 46.1 Å². The van der Waals surface area contributed by atoms with E-state index in [4.69, 9.17) is 0 Å². The molecule has 2 aromatic heterocycles. The van der Waals surface area contributed by atoms with Gasteiger partial charge in [0.2, 0.25) is 0 Å². The van der Waals surface area contributed by atoms with Crippen molar-refractivity contribution in [3.63, 3.8) is 0 Å². The summed E-state index contributed by atoms with van der Waals surface area (Å²) in [5.41, 5.74) is 5.41. The van der Waals surface area contributed by atoms with Crippen LogP contribution in [0.1, 0.15) is 27.0 Å². The Morgan fingerprint density at radius 3 is 2.68 bits per heavy atom. The second-order valence-corrected chi connectivity index (χ2v) is 6.98. The molecule has 0 aliphatic rings. The Morgan fingerprint density at radius 2 is 1.86 bits per heavy atom. The molecule has 0 saturated heterocycles. The van der Waals surface area contributed by atoms with Crippen LogP contribution < -0.4 is 5.32 Å². The van der Waals surface area contributed by atoms with Crippen molar-refractivity contribution in [1.29, 1.82) is 0 Å². The number of benzene rings is 2. The monoisotopic (exact) mass is 369 g/mol. The number of hydrogen-bond acceptors (Lipinski definition) is 2. The number of carbonyl (C=O) groups is 1. The molecule has 0 radical (unpaired) electrons. The first-order chi connectivity index (χ1) is 13.7. The number of amides is 1. The van der Waals surface area contributed by atoms with Gasteiger partial charge in [-0.2, -0.15) is 0 Å². The first kappa shape index (κ1) is 18.0. The van der Waals surface area contributed by atoms with Gasteiger partial charge in [-0.3, -0.25) is 9.78 Å². The van der Waals surface area contributed by atoms with E-state index in [0.29, 0.717) is 6.54 Å². The van der Waals surface area contributed by atoms with Crippen LogP contribution >= 0.6 is 0 Å². The van der Waals surface area contributed by atoms with Crippen LogP contribution in [0, 0.1) is 6.92 Å². The van der Waals surface area contributed by atoms with Crippen molar-refractivity contribution in [2.45, 2.75) is 19.9 Å². The maximum absolute atomic E-state index is 12.8. The number of aryl methyl sites for hydroxylation is 1. The second-order valence-electron chi connectivity index (χ2n) is 6.98. The molecule has 1 amide bonds. The number of fused-ring (bicyclic) bond motifs is 1. The van der Waals surface area contributed by atoms with Gasteiger partial charge >= 0.3 is 0 Å². The molecule has 0 bridgehead atoms. The Bertz CT molecular complexity index is 1100. The lowest BCUT2D eigenvalue weighted by Crippen LogP contribution is -2.25. The fourth-order valence-corrected chi connectivity index (χ4v) is 3.49. The number of carbonyl (C=O) groups excluding carboxylic acids is 1. The molecule has 0 aliphatic heterocycles. The molecule has 4 nitrogen and oxygen atoms in total. The van der Waals surface area contributed by atoms with Gasteiger partial charge in [-0.25, -0.2) is 0 Å². The number of pyridine rings is 1. The zero-order valence-corrected chi connectivity index (χ0v) is 15.9. The summed E-state index contributed by atoms with van der Waals surface area (Å²) < 4.78 is 2.16. The van der Waals surface area contributed by atoms with Gasteiger partial charge < -0.3 is 9.88 Å². The van der Waals surface area contributed by atoms with Gasteiger partial charge in [0, 0.05) is 42.6 Å². The normalized spacial score (nSPS) is 10.9. The van der Waals surface area contributed by atoms with E-state index < -0.39 is 0 Å². The number of nitrogens with zero attached hydrogens (tertiary/aromatic N) is 2. The number of para-hydroxylation sites is 1. The molecule has 2 aromatic carbocycles. The molecular formula is C24H23N3O. The van der Waals surface area contributed by atoms with Gasteiger partial charge in [-0.05, 0) is 42.2 Å². The highest BCUT2D eigenvalue weighted by Gasteiger charge is 2.15. The van der Waals surface area contributed by atoms with Crippen LogP contribution in [0.3, 0.4) is 0 Å². The molecule has 0 fully saturated rings. The highest BCUT2D eigenvalue weighted by Crippen LogP contribution is 2.23. The highest BCUT2D eigenvalue weighted by molar-refractivity contribution is 6.07. The van der Waals surface area contributed by atoms with Crippen molar-refractivity contribution in [3.05, 3.63) is 102 Å². The standard InChI is InChI=1S/C24H23N3O/c1-18-7-2-3-9-20(18)16-27-17-22(21-10-4-5-11-23(21)27)24(28)26-14-12-19-8-6-13-25-15-19/h2-11,13,15,17H,12,14,16H2,1H3,(H,26,28). The molecule has 0 saturated carbocycles. The maximum atomic E-state index is 12.8. The smallest absolute Gasteiger partial charge is 0.253 e. The van der Waals surface area contributed by atoms with Crippen molar-refractivity contribution >= 4 is 16.8 Å². The van der Waals surface area contributed by atoms with Crippen LogP contribution in [0.25, 0.3) is 10.9 Å². The van der Waals surface area contributed by atoms with Gasteiger partial charge in [0.25, 0.3) is 5.91 Å². The van der Waals surface area contributed by atoms with Crippen LogP contribution in [0.15, 0.2) is 79.3 Å². The van der Waals surface area contributed by atoms with E-state index in [-0.39, 0.29) is 5.91 Å². The molecular weight excluding hydrogens is 346 g/mol. The van der Waals surface area contributed by atoms with Crippen LogP contribution in [0.4, 0.5) is 0 Å². The summed E-state index contributed by atoms with van der Waals surface area (Å²) in [4.78, 5) is 17.0. The number of rotatable bonds is 6. The Hall–Kier alpha value is -3.40. The van der Waals surface area contributed by atoms with Crippen LogP contribution in [0.5, 0.6) is 0 Å². The van der Waals surface area contributed by atoms with Crippen LogP contribution in [0.2, 0.25) is 0 Å². The molecule has 0 atom stereocenters. The maximum Gasteiger partial charge on any atom is 0.253 e. The van der Waals surface area contributed by atoms with E-state index in [0.717, 1.165) is 35.0 Å². The summed E-state index contributed by atoms with van der Waals surface area (Å²) in [6.45, 7) is 3.45. The number of aromatic nitrogens is 2. The van der Waals surface area contributed by atoms with Crippen LogP contribution in [-0.4, -0.2) is 22.0 Å². The lowest BCUT2D eigenvalue weighted by molar-refractivity contribution is 0.0955. The summed E-state index contributed by atoms with van der Waals surface area (Å²) in [5.74, 6) is -0.0383. The minimum Gasteiger partial charge on any atom is -0.352 e. The Labute approximate surface area is 164 Å². The summed E-state index contributed by atoms with van der Waals surface area (Å²) in [6, 6.07) is 20.4. The third kappa shape index (κ3) is 3.81. The zero-order valence-electron chi connectivity index (χ0n) is 15.9. The van der Waals surface area contributed by atoms with Crippen molar-refractivity contribution in [3.8, 4) is 0 Å². The lowest BCUT2D eigenvalue weighted by atomic mass is 10.1. The number of hydrogen-bond donors (Lipinski definition) is 1. The molecule has 0 aliphatic carbocycles. The van der Waals surface area contributed by atoms with Crippen molar-refractivity contribution < 1.29 is 4.79 Å². The summed E-state index contributed by atoms with van der Waals surface area (Å²) in [6.07, 6.45) is 6.32. The molecule has 4 aromatic rings. The van der Waals surface area contributed by atoms with Gasteiger partial charge in [-0.1, -0.05) is 48.5 Å². The van der Waals surface area contributed by atoms with Crippen molar-refractivity contribution in [2.75, 3.05) is 6.54 Å².